The number of benzene rings is 1. The highest BCUT2D eigenvalue weighted by Gasteiger charge is 2.23. The topological polar surface area (TPSA) is 79.5 Å². The Kier molecular flexibility index (Phi) is 6.72. The Balaban J connectivity index is 1.31. The molecular weight excluding hydrogens is 392 g/mol. The molecule has 2 amide bonds. The summed E-state index contributed by atoms with van der Waals surface area (Å²) in [6.07, 6.45) is 9.27. The molecule has 7 heteroatoms. The van der Waals surface area contributed by atoms with Crippen LogP contribution >= 0.6 is 0 Å². The Hall–Kier alpha value is -3.06. The van der Waals surface area contributed by atoms with E-state index >= 15 is 0 Å². The molecular formula is C24H30N4O3. The van der Waals surface area contributed by atoms with Gasteiger partial charge >= 0.3 is 6.03 Å². The van der Waals surface area contributed by atoms with E-state index in [9.17, 15) is 9.59 Å². The molecule has 2 N–H and O–H groups in total. The molecule has 2 aromatic heterocycles. The molecule has 0 spiro atoms. The number of anilines is 1. The number of hydrogen-bond donors (Lipinski definition) is 2. The summed E-state index contributed by atoms with van der Waals surface area (Å²) in [5, 5.41) is 7.17. The number of furan rings is 1. The number of aryl methyl sites for hydroxylation is 1. The first-order valence-electron chi connectivity index (χ1n) is 11.0. The van der Waals surface area contributed by atoms with Crippen molar-refractivity contribution in [1.29, 1.82) is 0 Å². The minimum Gasteiger partial charge on any atom is -0.468 e. The van der Waals surface area contributed by atoms with Crippen LogP contribution in [0.2, 0.25) is 0 Å². The van der Waals surface area contributed by atoms with E-state index in [0.29, 0.717) is 23.7 Å². The first kappa shape index (κ1) is 21.2. The van der Waals surface area contributed by atoms with Crippen molar-refractivity contribution in [2.75, 3.05) is 18.4 Å². The summed E-state index contributed by atoms with van der Waals surface area (Å²) in [7, 11) is 1.69. The third-order valence-corrected chi connectivity index (χ3v) is 6.03. The van der Waals surface area contributed by atoms with Gasteiger partial charge in [0.25, 0.3) is 5.56 Å². The van der Waals surface area contributed by atoms with Gasteiger partial charge in [0.1, 0.15) is 5.76 Å². The van der Waals surface area contributed by atoms with Crippen molar-refractivity contribution in [3.63, 3.8) is 0 Å². The van der Waals surface area contributed by atoms with Crippen molar-refractivity contribution >= 4 is 22.5 Å². The molecule has 1 aliphatic carbocycles. The van der Waals surface area contributed by atoms with E-state index in [1.54, 1.807) is 25.6 Å². The number of carbonyl (C=O) groups is 1. The van der Waals surface area contributed by atoms with E-state index in [-0.39, 0.29) is 11.6 Å². The number of nitrogens with one attached hydrogen (secondary N) is 2. The van der Waals surface area contributed by atoms with Gasteiger partial charge in [-0.25, -0.2) is 4.79 Å². The van der Waals surface area contributed by atoms with E-state index in [0.717, 1.165) is 30.7 Å². The van der Waals surface area contributed by atoms with Crippen LogP contribution < -0.4 is 16.2 Å². The van der Waals surface area contributed by atoms with Crippen molar-refractivity contribution in [3.05, 3.63) is 65.0 Å². The molecule has 0 radical (unpaired) electrons. The Bertz CT molecular complexity index is 1070. The molecule has 1 aliphatic rings. The van der Waals surface area contributed by atoms with Gasteiger partial charge in [0.05, 0.1) is 18.5 Å². The van der Waals surface area contributed by atoms with Crippen LogP contribution in [-0.2, 0) is 13.6 Å². The molecule has 0 aliphatic heterocycles. The Labute approximate surface area is 182 Å². The lowest BCUT2D eigenvalue weighted by molar-refractivity contribution is 0.173. The molecule has 1 fully saturated rings. The van der Waals surface area contributed by atoms with Crippen LogP contribution in [0.15, 0.2) is 58.1 Å². The summed E-state index contributed by atoms with van der Waals surface area (Å²) in [5.74, 6) is 0.985. The highest BCUT2D eigenvalue weighted by atomic mass is 16.3. The van der Waals surface area contributed by atoms with E-state index in [1.807, 2.05) is 30.3 Å². The maximum absolute atomic E-state index is 12.5. The SMILES string of the molecule is Cn1cc(NC(=O)NCCCN(Cc2ccco2)C2CCCC2)c2ccccc2c1=O. The maximum atomic E-state index is 12.5. The second-order valence-electron chi connectivity index (χ2n) is 8.23. The average molecular weight is 423 g/mol. The number of fused-ring (bicyclic) bond motifs is 1. The van der Waals surface area contributed by atoms with Crippen LogP contribution in [0.3, 0.4) is 0 Å². The van der Waals surface area contributed by atoms with Crippen LogP contribution in [0.1, 0.15) is 37.9 Å². The molecule has 164 valence electrons. The van der Waals surface area contributed by atoms with Gasteiger partial charge in [0.15, 0.2) is 0 Å². The van der Waals surface area contributed by atoms with Gasteiger partial charge in [-0.1, -0.05) is 31.0 Å². The number of aromatic nitrogens is 1. The van der Waals surface area contributed by atoms with Crippen molar-refractivity contribution < 1.29 is 9.21 Å². The third-order valence-electron chi connectivity index (χ3n) is 6.03. The molecule has 0 bridgehead atoms. The summed E-state index contributed by atoms with van der Waals surface area (Å²) < 4.78 is 7.03. The monoisotopic (exact) mass is 422 g/mol. The van der Waals surface area contributed by atoms with Gasteiger partial charge in [0, 0.05) is 43.1 Å². The van der Waals surface area contributed by atoms with Gasteiger partial charge in [0.2, 0.25) is 0 Å². The minimum atomic E-state index is -0.262. The standard InChI is InChI=1S/C24H30N4O3/c1-27-17-22(20-11-4-5-12-21(20)23(27)29)26-24(30)25-13-7-14-28(18-8-2-3-9-18)16-19-10-6-15-31-19/h4-6,10-12,15,17-18H,2-3,7-9,13-14,16H2,1H3,(H2,25,26,30). The van der Waals surface area contributed by atoms with Crippen molar-refractivity contribution in [3.8, 4) is 0 Å². The number of nitrogens with zero attached hydrogens (tertiary/aromatic N) is 2. The van der Waals surface area contributed by atoms with Crippen molar-refractivity contribution in [2.45, 2.75) is 44.7 Å². The number of rotatable bonds is 8. The first-order valence-corrected chi connectivity index (χ1v) is 11.0. The predicted octanol–water partition coefficient (Wildman–Crippen LogP) is 4.09. The first-order chi connectivity index (χ1) is 15.1. The summed E-state index contributed by atoms with van der Waals surface area (Å²) in [6, 6.07) is 11.6. The van der Waals surface area contributed by atoms with Crippen LogP contribution in [0.4, 0.5) is 10.5 Å². The highest BCUT2D eigenvalue weighted by Crippen LogP contribution is 2.25. The van der Waals surface area contributed by atoms with E-state index in [2.05, 4.69) is 15.5 Å². The molecule has 1 aromatic carbocycles. The normalized spacial score (nSPS) is 14.4. The average Bonchev–Trinajstić information content (AvgIpc) is 3.48. The largest absolute Gasteiger partial charge is 0.468 e. The Morgan fingerprint density at radius 1 is 1.16 bits per heavy atom. The molecule has 0 saturated heterocycles. The second-order valence-corrected chi connectivity index (χ2v) is 8.23. The van der Waals surface area contributed by atoms with Gasteiger partial charge in [-0.2, -0.15) is 0 Å². The number of carbonyl (C=O) groups excluding carboxylic acids is 1. The van der Waals surface area contributed by atoms with Crippen LogP contribution in [0, 0.1) is 0 Å². The zero-order valence-corrected chi connectivity index (χ0v) is 18.0. The lowest BCUT2D eigenvalue weighted by atomic mass is 10.1. The highest BCUT2D eigenvalue weighted by molar-refractivity contribution is 6.00. The second kappa shape index (κ2) is 9.83. The zero-order valence-electron chi connectivity index (χ0n) is 18.0. The summed E-state index contributed by atoms with van der Waals surface area (Å²) in [6.45, 7) is 2.30. The summed E-state index contributed by atoms with van der Waals surface area (Å²) >= 11 is 0. The van der Waals surface area contributed by atoms with Gasteiger partial charge in [-0.3, -0.25) is 9.69 Å². The van der Waals surface area contributed by atoms with Crippen molar-refractivity contribution in [1.82, 2.24) is 14.8 Å². The number of urea groups is 1. The molecule has 1 saturated carbocycles. The van der Waals surface area contributed by atoms with Crippen molar-refractivity contribution in [2.24, 2.45) is 7.05 Å². The lowest BCUT2D eigenvalue weighted by Gasteiger charge is -2.28. The van der Waals surface area contributed by atoms with E-state index < -0.39 is 0 Å². The van der Waals surface area contributed by atoms with E-state index in [1.165, 1.54) is 30.3 Å². The Morgan fingerprint density at radius 2 is 1.94 bits per heavy atom. The van der Waals surface area contributed by atoms with Gasteiger partial charge in [-0.05, 0) is 37.5 Å². The molecule has 7 nitrogen and oxygen atoms in total. The fourth-order valence-electron chi connectivity index (χ4n) is 4.43. The van der Waals surface area contributed by atoms with Gasteiger partial charge in [-0.15, -0.1) is 0 Å². The minimum absolute atomic E-state index is 0.0786. The predicted molar refractivity (Wildman–Crippen MR) is 122 cm³/mol. The summed E-state index contributed by atoms with van der Waals surface area (Å²) in [5.41, 5.74) is 0.547. The maximum Gasteiger partial charge on any atom is 0.319 e. The third kappa shape index (κ3) is 5.17. The fraction of sp³-hybridized carbons (Fsp3) is 0.417. The molecule has 4 rings (SSSR count). The van der Waals surface area contributed by atoms with E-state index in [4.69, 9.17) is 4.42 Å². The van der Waals surface area contributed by atoms with Crippen LogP contribution in [0.25, 0.3) is 10.8 Å². The number of amides is 2. The molecule has 3 aromatic rings. The van der Waals surface area contributed by atoms with Gasteiger partial charge < -0.3 is 19.6 Å². The zero-order chi connectivity index (χ0) is 21.6. The lowest BCUT2D eigenvalue weighted by Crippen LogP contribution is -2.36. The molecule has 0 unspecified atom stereocenters. The quantitative estimate of drug-likeness (QED) is 0.536. The molecule has 2 heterocycles. The smallest absolute Gasteiger partial charge is 0.319 e. The van der Waals surface area contributed by atoms with Crippen LogP contribution in [-0.4, -0.2) is 34.6 Å². The fourth-order valence-corrected chi connectivity index (χ4v) is 4.43. The van der Waals surface area contributed by atoms with Crippen LogP contribution in [0.5, 0.6) is 0 Å². The summed E-state index contributed by atoms with van der Waals surface area (Å²) in [4.78, 5) is 27.2. The molecule has 31 heavy (non-hydrogen) atoms. The molecule has 0 atom stereocenters. The Morgan fingerprint density at radius 3 is 2.68 bits per heavy atom. The number of hydrogen-bond acceptors (Lipinski definition) is 4. The number of pyridine rings is 1.